The second kappa shape index (κ2) is 7.25. The normalized spacial score (nSPS) is 23.7. The lowest BCUT2D eigenvalue weighted by atomic mass is 9.75. The monoisotopic (exact) mass is 392 g/mol. The van der Waals surface area contributed by atoms with Crippen LogP contribution >= 0.6 is 0 Å². The molecule has 1 heterocycles. The molecule has 0 bridgehead atoms. The predicted octanol–water partition coefficient (Wildman–Crippen LogP) is 5.49. The first-order valence-corrected chi connectivity index (χ1v) is 10.3. The highest BCUT2D eigenvalue weighted by molar-refractivity contribution is 5.85. The van der Waals surface area contributed by atoms with E-state index in [4.69, 9.17) is 9.47 Å². The van der Waals surface area contributed by atoms with Crippen LogP contribution in [0.4, 0.5) is 0 Å². The largest absolute Gasteiger partial charge is 0.508 e. The number of phenols is 1. The molecule has 1 aliphatic carbocycles. The van der Waals surface area contributed by atoms with E-state index in [-0.39, 0.29) is 17.6 Å². The van der Waals surface area contributed by atoms with Gasteiger partial charge in [-0.1, -0.05) is 30.3 Å². The number of carbonyl (C=O) groups excluding carboxylic acids is 1. The second-order valence-corrected chi connectivity index (χ2v) is 9.08. The number of rotatable bonds is 2. The molecule has 0 radical (unpaired) electrons. The molecule has 1 spiro atoms. The second-order valence-electron chi connectivity index (χ2n) is 9.08. The van der Waals surface area contributed by atoms with Gasteiger partial charge >= 0.3 is 5.97 Å². The fraction of sp³-hybridized carbons (Fsp3) is 0.400. The zero-order valence-corrected chi connectivity index (χ0v) is 17.3. The van der Waals surface area contributed by atoms with Crippen molar-refractivity contribution in [3.63, 3.8) is 0 Å². The molecule has 1 fully saturated rings. The fourth-order valence-electron chi connectivity index (χ4n) is 4.24. The molecule has 0 amide bonds. The number of fused-ring (bicyclic) bond motifs is 1. The van der Waals surface area contributed by atoms with E-state index < -0.39 is 11.2 Å². The Labute approximate surface area is 172 Å². The number of benzene rings is 2. The summed E-state index contributed by atoms with van der Waals surface area (Å²) < 4.78 is 12.0. The number of aromatic hydroxyl groups is 1. The summed E-state index contributed by atoms with van der Waals surface area (Å²) in [5, 5.41) is 10.0. The van der Waals surface area contributed by atoms with Crippen LogP contribution in [0.5, 0.6) is 11.5 Å². The average Bonchev–Trinajstić information content (AvgIpc) is 2.68. The van der Waals surface area contributed by atoms with Crippen LogP contribution in [0, 0.1) is 5.92 Å². The molecule has 152 valence electrons. The number of esters is 1. The van der Waals surface area contributed by atoms with Crippen LogP contribution in [0.25, 0.3) is 5.57 Å². The number of carbonyl (C=O) groups is 1. The summed E-state index contributed by atoms with van der Waals surface area (Å²) in [4.78, 5) is 12.5. The Morgan fingerprint density at radius 3 is 2.45 bits per heavy atom. The molecule has 0 saturated heterocycles. The predicted molar refractivity (Wildman–Crippen MR) is 113 cm³/mol. The average molecular weight is 392 g/mol. The lowest BCUT2D eigenvalue weighted by molar-refractivity contribution is -0.162. The van der Waals surface area contributed by atoms with Gasteiger partial charge in [0.2, 0.25) is 0 Å². The molecular formula is C25H28O4. The molecule has 4 nitrogen and oxygen atoms in total. The van der Waals surface area contributed by atoms with Crippen molar-refractivity contribution in [3.8, 4) is 11.5 Å². The quantitative estimate of drug-likeness (QED) is 0.687. The summed E-state index contributed by atoms with van der Waals surface area (Å²) in [6, 6.07) is 15.4. The lowest BCUT2D eigenvalue weighted by Crippen LogP contribution is -2.42. The number of ether oxygens (including phenoxy) is 2. The van der Waals surface area contributed by atoms with Gasteiger partial charge in [0.25, 0.3) is 0 Å². The van der Waals surface area contributed by atoms with Gasteiger partial charge in [-0.15, -0.1) is 0 Å². The van der Waals surface area contributed by atoms with Crippen molar-refractivity contribution in [2.75, 3.05) is 0 Å². The van der Waals surface area contributed by atoms with Gasteiger partial charge in [0, 0.05) is 5.56 Å². The van der Waals surface area contributed by atoms with E-state index in [1.165, 1.54) is 0 Å². The van der Waals surface area contributed by atoms with Crippen LogP contribution in [-0.4, -0.2) is 22.3 Å². The third kappa shape index (κ3) is 4.16. The highest BCUT2D eigenvalue weighted by atomic mass is 16.6. The molecule has 4 rings (SSSR count). The van der Waals surface area contributed by atoms with Gasteiger partial charge in [0.15, 0.2) is 0 Å². The van der Waals surface area contributed by atoms with E-state index in [0.717, 1.165) is 48.1 Å². The Morgan fingerprint density at radius 1 is 1.10 bits per heavy atom. The zero-order valence-electron chi connectivity index (χ0n) is 17.3. The third-order valence-corrected chi connectivity index (χ3v) is 5.63. The molecule has 2 aliphatic rings. The molecule has 0 aromatic heterocycles. The molecular weight excluding hydrogens is 364 g/mol. The maximum atomic E-state index is 12.5. The van der Waals surface area contributed by atoms with Crippen molar-refractivity contribution in [2.24, 2.45) is 5.92 Å². The van der Waals surface area contributed by atoms with Crippen LogP contribution in [0.15, 0.2) is 54.6 Å². The van der Waals surface area contributed by atoms with Crippen LogP contribution in [-0.2, 0) is 9.53 Å². The highest BCUT2D eigenvalue weighted by Crippen LogP contribution is 2.47. The SMILES string of the molecule is CC(C)(C)OC(=O)C1CCC2(C=C(c3ccccc3)c3cc(O)ccc3O2)CC1. The van der Waals surface area contributed by atoms with Crippen molar-refractivity contribution >= 4 is 11.5 Å². The molecule has 0 atom stereocenters. The van der Waals surface area contributed by atoms with Gasteiger partial charge < -0.3 is 14.6 Å². The number of phenolic OH excluding ortho intramolecular Hbond substituents is 1. The van der Waals surface area contributed by atoms with E-state index in [1.54, 1.807) is 12.1 Å². The Kier molecular flexibility index (Phi) is 4.89. The highest BCUT2D eigenvalue weighted by Gasteiger charge is 2.42. The van der Waals surface area contributed by atoms with E-state index in [2.05, 4.69) is 18.2 Å². The van der Waals surface area contributed by atoms with Gasteiger partial charge in [-0.3, -0.25) is 4.79 Å². The molecule has 29 heavy (non-hydrogen) atoms. The summed E-state index contributed by atoms with van der Waals surface area (Å²) in [6.45, 7) is 5.71. The molecule has 1 aliphatic heterocycles. The Hall–Kier alpha value is -2.75. The first-order valence-electron chi connectivity index (χ1n) is 10.3. The summed E-state index contributed by atoms with van der Waals surface area (Å²) in [6.07, 6.45) is 5.18. The smallest absolute Gasteiger partial charge is 0.309 e. The van der Waals surface area contributed by atoms with Gasteiger partial charge in [-0.25, -0.2) is 0 Å². The van der Waals surface area contributed by atoms with Crippen molar-refractivity contribution in [2.45, 2.75) is 57.7 Å². The Morgan fingerprint density at radius 2 is 1.79 bits per heavy atom. The molecule has 4 heteroatoms. The number of hydrogen-bond acceptors (Lipinski definition) is 4. The van der Waals surface area contributed by atoms with Crippen molar-refractivity contribution in [1.82, 2.24) is 0 Å². The minimum atomic E-state index is -0.463. The summed E-state index contributed by atoms with van der Waals surface area (Å²) >= 11 is 0. The number of hydrogen-bond donors (Lipinski definition) is 1. The van der Waals surface area contributed by atoms with E-state index in [0.29, 0.717) is 0 Å². The van der Waals surface area contributed by atoms with E-state index >= 15 is 0 Å². The fourth-order valence-corrected chi connectivity index (χ4v) is 4.24. The van der Waals surface area contributed by atoms with Crippen LogP contribution in [0.1, 0.15) is 57.6 Å². The third-order valence-electron chi connectivity index (χ3n) is 5.63. The topological polar surface area (TPSA) is 55.8 Å². The maximum absolute atomic E-state index is 12.5. The zero-order chi connectivity index (χ0) is 20.6. The standard InChI is InChI=1S/C25H28O4/c1-24(2,3)29-23(27)18-11-13-25(14-12-18)16-21(17-7-5-4-6-8-17)20-15-19(26)9-10-22(20)28-25/h4-10,15-16,18,26H,11-14H2,1-3H3. The summed E-state index contributed by atoms with van der Waals surface area (Å²) in [7, 11) is 0. The van der Waals surface area contributed by atoms with Crippen LogP contribution in [0.3, 0.4) is 0 Å². The van der Waals surface area contributed by atoms with Crippen molar-refractivity contribution < 1.29 is 19.4 Å². The van der Waals surface area contributed by atoms with E-state index in [1.807, 2.05) is 45.0 Å². The van der Waals surface area contributed by atoms with Crippen LogP contribution < -0.4 is 4.74 Å². The first-order chi connectivity index (χ1) is 13.7. The Balaban J connectivity index is 1.62. The van der Waals surface area contributed by atoms with Crippen LogP contribution in [0.2, 0.25) is 0 Å². The molecule has 1 saturated carbocycles. The minimum Gasteiger partial charge on any atom is -0.508 e. The summed E-state index contributed by atoms with van der Waals surface area (Å²) in [5.41, 5.74) is 2.16. The molecule has 2 aromatic carbocycles. The molecule has 1 N–H and O–H groups in total. The van der Waals surface area contributed by atoms with Crippen molar-refractivity contribution in [1.29, 1.82) is 0 Å². The first kappa shape index (κ1) is 19.6. The molecule has 0 unspecified atom stereocenters. The maximum Gasteiger partial charge on any atom is 0.309 e. The summed E-state index contributed by atoms with van der Waals surface area (Å²) in [5.74, 6) is 0.803. The van der Waals surface area contributed by atoms with Gasteiger partial charge in [-0.2, -0.15) is 0 Å². The van der Waals surface area contributed by atoms with E-state index in [9.17, 15) is 9.90 Å². The van der Waals surface area contributed by atoms with Gasteiger partial charge in [0.1, 0.15) is 22.7 Å². The Bertz CT molecular complexity index is 929. The lowest BCUT2D eigenvalue weighted by Gasteiger charge is -2.41. The minimum absolute atomic E-state index is 0.0850. The van der Waals surface area contributed by atoms with Crippen molar-refractivity contribution in [3.05, 3.63) is 65.7 Å². The molecule has 2 aromatic rings. The van der Waals surface area contributed by atoms with Gasteiger partial charge in [0.05, 0.1) is 5.92 Å². The van der Waals surface area contributed by atoms with Gasteiger partial charge in [-0.05, 0) is 81.9 Å².